The van der Waals surface area contributed by atoms with Crippen LogP contribution in [0.15, 0.2) is 72.8 Å². The number of aromatic carboxylic acids is 2. The van der Waals surface area contributed by atoms with Gasteiger partial charge in [-0.05, 0) is 65.7 Å². The summed E-state index contributed by atoms with van der Waals surface area (Å²) in [6.07, 6.45) is -2.44. The highest BCUT2D eigenvalue weighted by Gasteiger charge is 2.42. The molecule has 58 heavy (non-hydrogen) atoms. The lowest BCUT2D eigenvalue weighted by Gasteiger charge is -2.39. The number of benzene rings is 4. The van der Waals surface area contributed by atoms with Crippen LogP contribution in [0, 0.1) is 0 Å². The summed E-state index contributed by atoms with van der Waals surface area (Å²) in [4.78, 5) is 33.4. The lowest BCUT2D eigenvalue weighted by molar-refractivity contribution is -0.192. The van der Waals surface area contributed by atoms with Crippen LogP contribution in [0.5, 0.6) is 28.7 Å². The highest BCUT2D eigenvalue weighted by Crippen LogP contribution is 2.42. The number of aromatic hydroxyl groups is 1. The van der Waals surface area contributed by atoms with Gasteiger partial charge in [0.15, 0.2) is 0 Å². The molecule has 4 N–H and O–H groups in total. The number of carboxylic acid groups (broad SMARTS) is 3. The van der Waals surface area contributed by atoms with E-state index in [9.17, 15) is 27.9 Å². The minimum absolute atomic E-state index is 0.00975. The number of carboxylic acids is 3. The molecule has 19 heteroatoms. The van der Waals surface area contributed by atoms with Gasteiger partial charge in [0.25, 0.3) is 0 Å². The molecule has 2 aliphatic heterocycles. The SMILES string of the molecule is COc1ccc(COc2cc(OCC(Cl)CN3CCC4(CC3)Cc3cc(Cl)ccc3O4)c(C(=O)O)cc2Cl)cc1.O=C(O)C(F)(F)F.O=C(O)c1ccc(O)cc1Cl. The summed E-state index contributed by atoms with van der Waals surface area (Å²) in [5.41, 5.74) is 1.81. The number of hydrogen-bond donors (Lipinski definition) is 4. The van der Waals surface area contributed by atoms with Crippen LogP contribution in [-0.2, 0) is 17.8 Å². The number of fused-ring (bicyclic) bond motifs is 1. The Morgan fingerprint density at radius 2 is 1.48 bits per heavy atom. The van der Waals surface area contributed by atoms with Gasteiger partial charge in [-0.3, -0.25) is 0 Å². The molecule has 1 spiro atoms. The first-order valence-corrected chi connectivity index (χ1v) is 18.7. The van der Waals surface area contributed by atoms with Crippen molar-refractivity contribution in [1.82, 2.24) is 4.90 Å². The van der Waals surface area contributed by atoms with E-state index in [-0.39, 0.29) is 56.9 Å². The van der Waals surface area contributed by atoms with Gasteiger partial charge in [-0.2, -0.15) is 13.2 Å². The second-order valence-corrected chi connectivity index (χ2v) is 14.8. The summed E-state index contributed by atoms with van der Waals surface area (Å²) >= 11 is 24.6. The topological polar surface area (TPSA) is 172 Å². The molecule has 0 saturated carbocycles. The molecule has 312 valence electrons. The fourth-order valence-corrected chi connectivity index (χ4v) is 6.76. The van der Waals surface area contributed by atoms with Crippen LogP contribution in [0.1, 0.15) is 44.7 Å². The van der Waals surface area contributed by atoms with Crippen LogP contribution in [-0.4, -0.2) is 93.7 Å². The Bertz CT molecular complexity index is 2080. The summed E-state index contributed by atoms with van der Waals surface area (Å²) in [6.45, 7) is 2.66. The van der Waals surface area contributed by atoms with E-state index in [1.807, 2.05) is 42.5 Å². The maximum atomic E-state index is 11.9. The number of phenols is 1. The van der Waals surface area contributed by atoms with Gasteiger partial charge >= 0.3 is 24.1 Å². The summed E-state index contributed by atoms with van der Waals surface area (Å²) < 4.78 is 55.0. The number of aliphatic carboxylic acids is 1. The van der Waals surface area contributed by atoms with Crippen LogP contribution in [0.2, 0.25) is 15.1 Å². The maximum Gasteiger partial charge on any atom is 0.490 e. The van der Waals surface area contributed by atoms with Crippen molar-refractivity contribution >= 4 is 64.3 Å². The molecule has 1 saturated heterocycles. The molecule has 1 unspecified atom stereocenters. The highest BCUT2D eigenvalue weighted by atomic mass is 35.5. The molecule has 0 aliphatic carbocycles. The van der Waals surface area contributed by atoms with Crippen molar-refractivity contribution < 1.29 is 66.9 Å². The number of alkyl halides is 4. The minimum Gasteiger partial charge on any atom is -0.508 e. The molecule has 2 aliphatic rings. The number of ether oxygens (including phenoxy) is 4. The molecule has 2 heterocycles. The summed E-state index contributed by atoms with van der Waals surface area (Å²) in [7, 11) is 1.60. The Morgan fingerprint density at radius 3 is 2.05 bits per heavy atom. The van der Waals surface area contributed by atoms with Crippen LogP contribution in [0.25, 0.3) is 0 Å². The van der Waals surface area contributed by atoms with E-state index < -0.39 is 24.1 Å². The molecular formula is C39H36Cl4F3NO11. The Kier molecular flexibility index (Phi) is 16.0. The molecule has 0 aromatic heterocycles. The third kappa shape index (κ3) is 13.1. The van der Waals surface area contributed by atoms with Crippen molar-refractivity contribution in [1.29, 1.82) is 0 Å². The van der Waals surface area contributed by atoms with E-state index in [0.29, 0.717) is 12.3 Å². The molecule has 0 amide bonds. The number of likely N-dealkylation sites (tertiary alicyclic amines) is 1. The number of phenolic OH excluding ortho intramolecular Hbond substituents is 1. The van der Waals surface area contributed by atoms with Crippen molar-refractivity contribution in [3.8, 4) is 28.7 Å². The van der Waals surface area contributed by atoms with Gasteiger partial charge in [0.1, 0.15) is 53.1 Å². The lowest BCUT2D eigenvalue weighted by Crippen LogP contribution is -2.49. The van der Waals surface area contributed by atoms with Crippen molar-refractivity contribution in [2.45, 2.75) is 43.0 Å². The van der Waals surface area contributed by atoms with Gasteiger partial charge < -0.3 is 44.3 Å². The highest BCUT2D eigenvalue weighted by molar-refractivity contribution is 6.33. The van der Waals surface area contributed by atoms with E-state index in [1.165, 1.54) is 30.3 Å². The van der Waals surface area contributed by atoms with Gasteiger partial charge in [0.05, 0.1) is 28.1 Å². The monoisotopic (exact) mass is 891 g/mol. The Balaban J connectivity index is 0.000000341. The van der Waals surface area contributed by atoms with Gasteiger partial charge in [0.2, 0.25) is 0 Å². The van der Waals surface area contributed by atoms with Crippen molar-refractivity contribution in [2.75, 3.05) is 33.4 Å². The number of methoxy groups -OCH3 is 1. The Labute approximate surface area is 350 Å². The molecule has 12 nitrogen and oxygen atoms in total. The lowest BCUT2D eigenvalue weighted by atomic mass is 9.87. The van der Waals surface area contributed by atoms with Crippen molar-refractivity contribution in [3.05, 3.63) is 110 Å². The molecule has 0 bridgehead atoms. The average molecular weight is 894 g/mol. The van der Waals surface area contributed by atoms with Crippen LogP contribution in [0.4, 0.5) is 13.2 Å². The van der Waals surface area contributed by atoms with E-state index in [0.717, 1.165) is 60.0 Å². The quantitative estimate of drug-likeness (QED) is 0.105. The number of halogens is 7. The zero-order valence-corrected chi connectivity index (χ0v) is 33.4. The molecule has 1 atom stereocenters. The van der Waals surface area contributed by atoms with E-state index >= 15 is 0 Å². The summed E-state index contributed by atoms with van der Waals surface area (Å²) in [5, 5.41) is 34.7. The second-order valence-electron chi connectivity index (χ2n) is 12.9. The molecule has 0 radical (unpaired) electrons. The predicted molar refractivity (Wildman–Crippen MR) is 209 cm³/mol. The third-order valence-electron chi connectivity index (χ3n) is 8.75. The van der Waals surface area contributed by atoms with Crippen LogP contribution in [0.3, 0.4) is 0 Å². The van der Waals surface area contributed by atoms with E-state index in [4.69, 9.17) is 85.5 Å². The van der Waals surface area contributed by atoms with Gasteiger partial charge in [-0.25, -0.2) is 14.4 Å². The van der Waals surface area contributed by atoms with Gasteiger partial charge in [0, 0.05) is 50.0 Å². The minimum atomic E-state index is -5.08. The molecular weight excluding hydrogens is 857 g/mol. The first-order valence-electron chi connectivity index (χ1n) is 17.1. The zero-order valence-electron chi connectivity index (χ0n) is 30.4. The normalized spacial score (nSPS) is 14.7. The van der Waals surface area contributed by atoms with Crippen LogP contribution >= 0.6 is 46.4 Å². The fraction of sp³-hybridized carbons (Fsp3) is 0.308. The smallest absolute Gasteiger partial charge is 0.490 e. The van der Waals surface area contributed by atoms with Crippen molar-refractivity contribution in [3.63, 3.8) is 0 Å². The summed E-state index contributed by atoms with van der Waals surface area (Å²) in [5.74, 6) is -2.91. The summed E-state index contributed by atoms with van der Waals surface area (Å²) in [6, 6.07) is 19.8. The van der Waals surface area contributed by atoms with Gasteiger partial charge in [-0.15, -0.1) is 11.6 Å². The fourth-order valence-electron chi connectivity index (χ4n) is 5.83. The third-order valence-corrected chi connectivity index (χ3v) is 9.86. The first kappa shape index (κ1) is 45.9. The van der Waals surface area contributed by atoms with Crippen LogP contribution < -0.4 is 18.9 Å². The van der Waals surface area contributed by atoms with E-state index in [2.05, 4.69) is 4.90 Å². The molecule has 4 aromatic carbocycles. The van der Waals surface area contributed by atoms with E-state index in [1.54, 1.807) is 7.11 Å². The standard InChI is InChI=1S/C30H30Cl3NO6.C7H5ClO3.C2HF3O2/c1-37-23-5-2-19(3-6-23)17-38-28-14-27(24(29(35)36)13-25(28)33)39-18-22(32)16-34-10-8-30(9-11-34)15-20-12-21(31)4-7-26(20)40-30;8-6-3-4(9)1-2-5(6)7(10)11;3-2(4,5)1(6)7/h2-7,12-14,22H,8-11,15-18H2,1H3,(H,35,36);1-3,9H,(H,10,11);(H,6,7). The number of rotatable bonds is 11. The first-order chi connectivity index (χ1) is 27.3. The second kappa shape index (κ2) is 20.3. The molecule has 1 fully saturated rings. The average Bonchev–Trinajstić information content (AvgIpc) is 3.51. The number of hydrogen-bond acceptors (Lipinski definition) is 9. The van der Waals surface area contributed by atoms with Gasteiger partial charge in [-0.1, -0.05) is 46.9 Å². The number of nitrogens with zero attached hydrogens (tertiary/aromatic N) is 1. The largest absolute Gasteiger partial charge is 0.508 e. The molecule has 6 rings (SSSR count). The Hall–Kier alpha value is -4.80. The zero-order chi connectivity index (χ0) is 42.8. The number of carbonyl (C=O) groups is 3. The molecule has 4 aromatic rings. The Morgan fingerprint density at radius 1 is 0.845 bits per heavy atom. The number of piperidine rings is 1. The maximum absolute atomic E-state index is 11.9. The predicted octanol–water partition coefficient (Wildman–Crippen LogP) is 9.11. The van der Waals surface area contributed by atoms with Crippen molar-refractivity contribution in [2.24, 2.45) is 0 Å².